The van der Waals surface area contributed by atoms with Gasteiger partial charge >= 0.3 is 0 Å². The monoisotopic (exact) mass is 299 g/mol. The molecule has 1 saturated heterocycles. The molecule has 0 aromatic heterocycles. The zero-order valence-electron chi connectivity index (χ0n) is 11.9. The van der Waals surface area contributed by atoms with Crippen LogP contribution < -0.4 is 0 Å². The van der Waals surface area contributed by atoms with Gasteiger partial charge in [-0.1, -0.05) is 29.8 Å². The van der Waals surface area contributed by atoms with E-state index in [0.29, 0.717) is 18.2 Å². The van der Waals surface area contributed by atoms with E-state index in [-0.39, 0.29) is 12.1 Å². The van der Waals surface area contributed by atoms with E-state index in [4.69, 9.17) is 16.3 Å². The lowest BCUT2D eigenvalue weighted by molar-refractivity contribution is -0.155. The number of hydrogen-bond donors (Lipinski definition) is 0. The lowest BCUT2D eigenvalue weighted by Crippen LogP contribution is -2.53. The van der Waals surface area contributed by atoms with Crippen LogP contribution in [0.4, 0.5) is 4.39 Å². The van der Waals surface area contributed by atoms with Gasteiger partial charge in [0.05, 0.1) is 19.2 Å². The van der Waals surface area contributed by atoms with Crippen molar-refractivity contribution in [3.8, 4) is 0 Å². The van der Waals surface area contributed by atoms with Crippen LogP contribution in [0, 0.1) is 0 Å². The van der Waals surface area contributed by atoms with Gasteiger partial charge in [0.15, 0.2) is 5.67 Å². The Labute approximate surface area is 123 Å². The minimum Gasteiger partial charge on any atom is -0.369 e. The van der Waals surface area contributed by atoms with Gasteiger partial charge in [0.1, 0.15) is 6.10 Å². The molecule has 2 rings (SSSR count). The number of carbonyl (C=O) groups excluding carboxylic acids is 1. The topological polar surface area (TPSA) is 29.5 Å². The summed E-state index contributed by atoms with van der Waals surface area (Å²) < 4.78 is 19.6. The van der Waals surface area contributed by atoms with Crippen LogP contribution in [-0.2, 0) is 9.53 Å². The summed E-state index contributed by atoms with van der Waals surface area (Å²) in [5.41, 5.74) is -1.05. The van der Waals surface area contributed by atoms with Gasteiger partial charge in [-0.3, -0.25) is 4.79 Å². The van der Waals surface area contributed by atoms with Crippen molar-refractivity contribution in [2.24, 2.45) is 0 Å². The minimum atomic E-state index is -1.88. The van der Waals surface area contributed by atoms with Crippen LogP contribution in [-0.4, -0.2) is 35.7 Å². The molecule has 0 radical (unpaired) electrons. The Balaban J connectivity index is 2.21. The lowest BCUT2D eigenvalue weighted by Gasteiger charge is -2.40. The smallest absolute Gasteiger partial charge is 0.260 e. The number of alkyl halides is 1. The molecule has 0 aliphatic carbocycles. The second kappa shape index (κ2) is 5.70. The van der Waals surface area contributed by atoms with Crippen LogP contribution in [0.25, 0.3) is 0 Å². The average Bonchev–Trinajstić information content (AvgIpc) is 2.38. The zero-order valence-corrected chi connectivity index (χ0v) is 12.7. The number of ether oxygens (including phenoxy) is 1. The highest BCUT2D eigenvalue weighted by Crippen LogP contribution is 2.31. The van der Waals surface area contributed by atoms with E-state index in [1.807, 2.05) is 25.1 Å². The molecule has 20 heavy (non-hydrogen) atoms. The fraction of sp³-hybridized carbons (Fsp3) is 0.533. The summed E-state index contributed by atoms with van der Waals surface area (Å²) >= 11 is 6.15. The Morgan fingerprint density at radius 3 is 2.70 bits per heavy atom. The fourth-order valence-electron chi connectivity index (χ4n) is 2.31. The van der Waals surface area contributed by atoms with Crippen molar-refractivity contribution in [1.82, 2.24) is 4.90 Å². The van der Waals surface area contributed by atoms with E-state index in [9.17, 15) is 9.18 Å². The third-order valence-electron chi connectivity index (χ3n) is 3.45. The van der Waals surface area contributed by atoms with E-state index >= 15 is 0 Å². The van der Waals surface area contributed by atoms with Crippen LogP contribution >= 0.6 is 11.6 Å². The molecule has 5 heteroatoms. The maximum absolute atomic E-state index is 13.9. The number of rotatable bonds is 2. The fourth-order valence-corrected chi connectivity index (χ4v) is 2.56. The summed E-state index contributed by atoms with van der Waals surface area (Å²) in [6.07, 6.45) is -0.314. The molecule has 0 spiro atoms. The van der Waals surface area contributed by atoms with E-state index in [1.54, 1.807) is 6.07 Å². The van der Waals surface area contributed by atoms with Crippen molar-refractivity contribution in [3.63, 3.8) is 0 Å². The predicted molar refractivity (Wildman–Crippen MR) is 76.5 cm³/mol. The number of halogens is 2. The molecule has 1 aliphatic heterocycles. The highest BCUT2D eigenvalue weighted by molar-refractivity contribution is 6.31. The summed E-state index contributed by atoms with van der Waals surface area (Å²) in [6.45, 7) is 5.10. The molecule has 1 amide bonds. The molecule has 1 aliphatic rings. The van der Waals surface area contributed by atoms with Crippen LogP contribution in [0.3, 0.4) is 0 Å². The molecule has 0 N–H and O–H groups in total. The Bertz CT molecular complexity index is 501. The maximum atomic E-state index is 13.9. The zero-order chi connectivity index (χ0) is 14.9. The highest BCUT2D eigenvalue weighted by atomic mass is 35.5. The lowest BCUT2D eigenvalue weighted by atomic mass is 10.0. The van der Waals surface area contributed by atoms with Crippen molar-refractivity contribution < 1.29 is 13.9 Å². The van der Waals surface area contributed by atoms with Crippen molar-refractivity contribution in [2.45, 2.75) is 38.6 Å². The van der Waals surface area contributed by atoms with Gasteiger partial charge in [-0.2, -0.15) is 0 Å². The normalized spacial score (nSPS) is 23.8. The molecule has 2 atom stereocenters. The SMILES string of the molecule is CC1COC(c2ccccc2Cl)CN1C(=O)C(C)(C)F. The Morgan fingerprint density at radius 1 is 1.45 bits per heavy atom. The second-order valence-corrected chi connectivity index (χ2v) is 6.03. The van der Waals surface area contributed by atoms with Gasteiger partial charge in [-0.05, 0) is 26.8 Å². The summed E-state index contributed by atoms with van der Waals surface area (Å²) in [5, 5.41) is 0.596. The Kier molecular flexibility index (Phi) is 4.35. The first-order valence-corrected chi connectivity index (χ1v) is 7.04. The van der Waals surface area contributed by atoms with Crippen molar-refractivity contribution in [3.05, 3.63) is 34.9 Å². The number of amides is 1. The van der Waals surface area contributed by atoms with Crippen molar-refractivity contribution in [2.75, 3.05) is 13.2 Å². The third-order valence-corrected chi connectivity index (χ3v) is 3.80. The van der Waals surface area contributed by atoms with Gasteiger partial charge in [0.2, 0.25) is 0 Å². The predicted octanol–water partition coefficient (Wildman–Crippen LogP) is 3.38. The summed E-state index contributed by atoms with van der Waals surface area (Å²) in [5.74, 6) is -0.509. The molecule has 1 aromatic rings. The number of carbonyl (C=O) groups is 1. The largest absolute Gasteiger partial charge is 0.369 e. The minimum absolute atomic E-state index is 0.142. The van der Waals surface area contributed by atoms with E-state index in [0.717, 1.165) is 5.56 Å². The highest BCUT2D eigenvalue weighted by Gasteiger charge is 2.38. The molecule has 110 valence electrons. The van der Waals surface area contributed by atoms with Gasteiger partial charge < -0.3 is 9.64 Å². The summed E-state index contributed by atoms with van der Waals surface area (Å²) in [6, 6.07) is 7.21. The molecular formula is C15H19ClFNO2. The number of benzene rings is 1. The van der Waals surface area contributed by atoms with Crippen molar-refractivity contribution >= 4 is 17.5 Å². The number of hydrogen-bond acceptors (Lipinski definition) is 2. The van der Waals surface area contributed by atoms with E-state index in [1.165, 1.54) is 18.7 Å². The quantitative estimate of drug-likeness (QED) is 0.838. The molecule has 1 aromatic carbocycles. The Morgan fingerprint density at radius 2 is 2.10 bits per heavy atom. The Hall–Kier alpha value is -1.13. The van der Waals surface area contributed by atoms with E-state index in [2.05, 4.69) is 0 Å². The van der Waals surface area contributed by atoms with Crippen LogP contribution in [0.1, 0.15) is 32.4 Å². The second-order valence-electron chi connectivity index (χ2n) is 5.62. The molecule has 3 nitrogen and oxygen atoms in total. The first-order chi connectivity index (χ1) is 9.30. The van der Waals surface area contributed by atoms with Crippen LogP contribution in [0.5, 0.6) is 0 Å². The average molecular weight is 300 g/mol. The van der Waals surface area contributed by atoms with Crippen molar-refractivity contribution in [1.29, 1.82) is 0 Å². The molecule has 0 bridgehead atoms. The first-order valence-electron chi connectivity index (χ1n) is 6.66. The number of nitrogens with zero attached hydrogens (tertiary/aromatic N) is 1. The summed E-state index contributed by atoms with van der Waals surface area (Å²) in [4.78, 5) is 13.7. The maximum Gasteiger partial charge on any atom is 0.260 e. The van der Waals surface area contributed by atoms with E-state index < -0.39 is 11.6 Å². The molecule has 0 saturated carbocycles. The molecular weight excluding hydrogens is 281 g/mol. The van der Waals surface area contributed by atoms with Crippen LogP contribution in [0.2, 0.25) is 5.02 Å². The first kappa shape index (κ1) is 15.3. The van der Waals surface area contributed by atoms with Gasteiger partial charge in [0.25, 0.3) is 5.91 Å². The molecule has 1 heterocycles. The van der Waals surface area contributed by atoms with Gasteiger partial charge in [0, 0.05) is 10.6 Å². The van der Waals surface area contributed by atoms with Gasteiger partial charge in [-0.15, -0.1) is 0 Å². The van der Waals surface area contributed by atoms with Crippen LogP contribution in [0.15, 0.2) is 24.3 Å². The third kappa shape index (κ3) is 3.13. The number of morpholine rings is 1. The summed E-state index contributed by atoms with van der Waals surface area (Å²) in [7, 11) is 0. The molecule has 2 unspecified atom stereocenters. The standard InChI is InChI=1S/C15H19ClFNO2/c1-10-9-20-13(11-6-4-5-7-12(11)16)8-18(10)14(19)15(2,3)17/h4-7,10,13H,8-9H2,1-3H3. The molecule has 1 fully saturated rings. The van der Waals surface area contributed by atoms with Gasteiger partial charge in [-0.25, -0.2) is 4.39 Å².